The highest BCUT2D eigenvalue weighted by Gasteiger charge is 2.05. The molecule has 5 heteroatoms. The van der Waals surface area contributed by atoms with Crippen LogP contribution in [0.3, 0.4) is 0 Å². The van der Waals surface area contributed by atoms with Gasteiger partial charge in [0.05, 0.1) is 5.52 Å². The molecule has 2 heterocycles. The van der Waals surface area contributed by atoms with Crippen molar-refractivity contribution in [2.75, 3.05) is 25.6 Å². The first kappa shape index (κ1) is 10.9. The van der Waals surface area contributed by atoms with Gasteiger partial charge < -0.3 is 15.0 Å². The van der Waals surface area contributed by atoms with Crippen LogP contribution in [0.2, 0.25) is 0 Å². The van der Waals surface area contributed by atoms with Crippen LogP contribution in [0.15, 0.2) is 12.1 Å². The highest BCUT2D eigenvalue weighted by Crippen LogP contribution is 2.15. The number of aliphatic hydroxyl groups excluding tert-OH is 1. The molecule has 16 heavy (non-hydrogen) atoms. The largest absolute Gasteiger partial charge is 0.396 e. The lowest BCUT2D eigenvalue weighted by molar-refractivity contribution is 0.287. The minimum atomic E-state index is 0.188. The van der Waals surface area contributed by atoms with Gasteiger partial charge in [-0.1, -0.05) is 0 Å². The Labute approximate surface area is 94.1 Å². The van der Waals surface area contributed by atoms with Gasteiger partial charge in [-0.3, -0.25) is 0 Å². The van der Waals surface area contributed by atoms with E-state index in [0.29, 0.717) is 0 Å². The number of nitrogens with zero attached hydrogens (tertiary/aromatic N) is 3. The Morgan fingerprint density at radius 2 is 2.12 bits per heavy atom. The number of rotatable bonds is 4. The first-order valence-corrected chi connectivity index (χ1v) is 5.34. The molecule has 0 unspecified atom stereocenters. The smallest absolute Gasteiger partial charge is 0.179 e. The third kappa shape index (κ3) is 2.14. The number of fused-ring (bicyclic) bond motifs is 1. The van der Waals surface area contributed by atoms with Crippen LogP contribution in [0.4, 0.5) is 5.82 Å². The van der Waals surface area contributed by atoms with E-state index in [1.165, 1.54) is 0 Å². The number of pyridine rings is 1. The number of hydrogen-bond donors (Lipinski definition) is 2. The fourth-order valence-electron chi connectivity index (χ4n) is 1.55. The van der Waals surface area contributed by atoms with Gasteiger partial charge in [0, 0.05) is 27.1 Å². The Morgan fingerprint density at radius 3 is 2.81 bits per heavy atom. The fraction of sp³-hybridized carbons (Fsp3) is 0.455. The van der Waals surface area contributed by atoms with Crippen molar-refractivity contribution in [2.45, 2.75) is 12.8 Å². The second-order valence-electron chi connectivity index (χ2n) is 3.95. The Balaban J connectivity index is 2.30. The van der Waals surface area contributed by atoms with E-state index < -0.39 is 0 Å². The van der Waals surface area contributed by atoms with Crippen molar-refractivity contribution in [2.24, 2.45) is 0 Å². The normalized spacial score (nSPS) is 10.9. The lowest BCUT2D eigenvalue weighted by Gasteiger charge is -2.09. The van der Waals surface area contributed by atoms with Crippen LogP contribution < -0.4 is 4.90 Å². The van der Waals surface area contributed by atoms with E-state index in [2.05, 4.69) is 15.0 Å². The maximum Gasteiger partial charge on any atom is 0.179 e. The number of H-pyrrole nitrogens is 1. The van der Waals surface area contributed by atoms with Gasteiger partial charge in [-0.2, -0.15) is 0 Å². The second-order valence-corrected chi connectivity index (χ2v) is 3.95. The minimum absolute atomic E-state index is 0.188. The van der Waals surface area contributed by atoms with E-state index >= 15 is 0 Å². The van der Waals surface area contributed by atoms with E-state index in [0.717, 1.165) is 35.6 Å². The summed E-state index contributed by atoms with van der Waals surface area (Å²) in [4.78, 5) is 14.0. The van der Waals surface area contributed by atoms with Crippen LogP contribution in [-0.2, 0) is 6.42 Å². The average Bonchev–Trinajstić information content (AvgIpc) is 2.67. The van der Waals surface area contributed by atoms with E-state index in [9.17, 15) is 0 Å². The quantitative estimate of drug-likeness (QED) is 0.805. The third-order valence-corrected chi connectivity index (χ3v) is 2.41. The van der Waals surface area contributed by atoms with E-state index in [1.807, 2.05) is 31.1 Å². The summed E-state index contributed by atoms with van der Waals surface area (Å²) in [7, 11) is 3.90. The minimum Gasteiger partial charge on any atom is -0.396 e. The van der Waals surface area contributed by atoms with Gasteiger partial charge in [-0.15, -0.1) is 0 Å². The Hall–Kier alpha value is -1.62. The van der Waals surface area contributed by atoms with Crippen LogP contribution in [0, 0.1) is 0 Å². The lowest BCUT2D eigenvalue weighted by atomic mass is 10.3. The molecule has 0 aliphatic rings. The number of aromatic amines is 1. The molecular weight excluding hydrogens is 204 g/mol. The number of aromatic nitrogens is 3. The summed E-state index contributed by atoms with van der Waals surface area (Å²) >= 11 is 0. The zero-order valence-corrected chi connectivity index (χ0v) is 9.56. The van der Waals surface area contributed by atoms with E-state index in [4.69, 9.17) is 5.11 Å². The molecule has 2 aromatic heterocycles. The van der Waals surface area contributed by atoms with E-state index in [-0.39, 0.29) is 6.61 Å². The van der Waals surface area contributed by atoms with Crippen molar-refractivity contribution in [3.05, 3.63) is 18.0 Å². The number of aryl methyl sites for hydroxylation is 1. The number of anilines is 1. The maximum atomic E-state index is 8.76. The topological polar surface area (TPSA) is 65.0 Å². The molecular formula is C11H16N4O. The number of hydrogen-bond acceptors (Lipinski definition) is 4. The van der Waals surface area contributed by atoms with Crippen molar-refractivity contribution in [3.8, 4) is 0 Å². The predicted molar refractivity (Wildman–Crippen MR) is 63.6 cm³/mol. The SMILES string of the molecule is CN(C)c1ccc2[nH]c(CCCO)nc2n1. The predicted octanol–water partition coefficient (Wildman–Crippen LogP) is 0.949. The summed E-state index contributed by atoms with van der Waals surface area (Å²) in [5, 5.41) is 8.76. The standard InChI is InChI=1S/C11H16N4O/c1-15(2)10-6-5-8-11(14-10)13-9(12-8)4-3-7-16/h5-6,16H,3-4,7H2,1-2H3,(H,12,13,14). The Kier molecular flexibility index (Phi) is 3.05. The zero-order valence-electron chi connectivity index (χ0n) is 9.56. The van der Waals surface area contributed by atoms with Gasteiger partial charge in [0.2, 0.25) is 0 Å². The van der Waals surface area contributed by atoms with Crippen molar-refractivity contribution in [1.82, 2.24) is 15.0 Å². The highest BCUT2D eigenvalue weighted by atomic mass is 16.2. The molecule has 0 aromatic carbocycles. The molecule has 0 amide bonds. The number of aliphatic hydroxyl groups is 1. The van der Waals surface area contributed by atoms with Crippen LogP contribution in [0.1, 0.15) is 12.2 Å². The molecule has 0 aliphatic carbocycles. The van der Waals surface area contributed by atoms with Crippen LogP contribution in [0.25, 0.3) is 11.2 Å². The van der Waals surface area contributed by atoms with Crippen LogP contribution in [-0.4, -0.2) is 40.8 Å². The molecule has 0 radical (unpaired) electrons. The van der Waals surface area contributed by atoms with Gasteiger partial charge in [-0.05, 0) is 18.6 Å². The van der Waals surface area contributed by atoms with Crippen LogP contribution in [0.5, 0.6) is 0 Å². The van der Waals surface area contributed by atoms with E-state index in [1.54, 1.807) is 0 Å². The molecule has 0 spiro atoms. The van der Waals surface area contributed by atoms with Gasteiger partial charge in [0.1, 0.15) is 11.6 Å². The maximum absolute atomic E-state index is 8.76. The Bertz CT molecular complexity index is 478. The zero-order chi connectivity index (χ0) is 11.5. The fourth-order valence-corrected chi connectivity index (χ4v) is 1.55. The molecule has 2 aromatic rings. The molecule has 86 valence electrons. The first-order chi connectivity index (χ1) is 7.70. The van der Waals surface area contributed by atoms with Crippen molar-refractivity contribution < 1.29 is 5.11 Å². The van der Waals surface area contributed by atoms with Gasteiger partial charge >= 0.3 is 0 Å². The summed E-state index contributed by atoms with van der Waals surface area (Å²) in [6.45, 7) is 0.188. The van der Waals surface area contributed by atoms with Gasteiger partial charge in [0.25, 0.3) is 0 Å². The van der Waals surface area contributed by atoms with Crippen molar-refractivity contribution in [1.29, 1.82) is 0 Å². The molecule has 2 rings (SSSR count). The lowest BCUT2D eigenvalue weighted by Crippen LogP contribution is -2.10. The summed E-state index contributed by atoms with van der Waals surface area (Å²) < 4.78 is 0. The van der Waals surface area contributed by atoms with Crippen LogP contribution >= 0.6 is 0 Å². The van der Waals surface area contributed by atoms with Crippen molar-refractivity contribution >= 4 is 17.0 Å². The molecule has 5 nitrogen and oxygen atoms in total. The van der Waals surface area contributed by atoms with Crippen molar-refractivity contribution in [3.63, 3.8) is 0 Å². The molecule has 0 atom stereocenters. The summed E-state index contributed by atoms with van der Waals surface area (Å²) in [6, 6.07) is 3.93. The summed E-state index contributed by atoms with van der Waals surface area (Å²) in [5.41, 5.74) is 1.68. The van der Waals surface area contributed by atoms with Gasteiger partial charge in [-0.25, -0.2) is 9.97 Å². The average molecular weight is 220 g/mol. The molecule has 0 fully saturated rings. The molecule has 2 N–H and O–H groups in total. The third-order valence-electron chi connectivity index (χ3n) is 2.41. The summed E-state index contributed by atoms with van der Waals surface area (Å²) in [5.74, 6) is 1.78. The molecule has 0 saturated heterocycles. The number of nitrogens with one attached hydrogen (secondary N) is 1. The second kappa shape index (κ2) is 4.49. The molecule has 0 aliphatic heterocycles. The molecule has 0 saturated carbocycles. The van der Waals surface area contributed by atoms with Gasteiger partial charge in [0.15, 0.2) is 5.65 Å². The summed E-state index contributed by atoms with van der Waals surface area (Å²) in [6.07, 6.45) is 1.48. The first-order valence-electron chi connectivity index (χ1n) is 5.34. The Morgan fingerprint density at radius 1 is 1.31 bits per heavy atom. The highest BCUT2D eigenvalue weighted by molar-refractivity contribution is 5.73. The number of imidazole rings is 1. The molecule has 0 bridgehead atoms. The monoisotopic (exact) mass is 220 g/mol.